The Kier molecular flexibility index (Phi) is 3.55. The van der Waals surface area contributed by atoms with Gasteiger partial charge in [0.1, 0.15) is 0 Å². The van der Waals surface area contributed by atoms with E-state index in [9.17, 15) is 0 Å². The zero-order valence-electron chi connectivity index (χ0n) is 11.2. The number of aryl methyl sites for hydroxylation is 1. The van der Waals surface area contributed by atoms with E-state index in [4.69, 9.17) is 5.73 Å². The Bertz CT molecular complexity index is 380. The standard InChI is InChI=1S/C15H24N2/c1-4-17(5-2)14-11-10-12-8-6-7-9-13(12)15(14,3)16/h6-9,14H,4-5,10-11,16H2,1-3H3. The zero-order chi connectivity index (χ0) is 12.5. The van der Waals surface area contributed by atoms with E-state index in [2.05, 4.69) is 49.9 Å². The van der Waals surface area contributed by atoms with Gasteiger partial charge in [-0.25, -0.2) is 0 Å². The van der Waals surface area contributed by atoms with Gasteiger partial charge in [0.2, 0.25) is 0 Å². The number of hydrogen-bond donors (Lipinski definition) is 1. The normalized spacial score (nSPS) is 28.2. The van der Waals surface area contributed by atoms with Crippen molar-refractivity contribution in [3.8, 4) is 0 Å². The molecule has 0 amide bonds. The highest BCUT2D eigenvalue weighted by atomic mass is 15.2. The Morgan fingerprint density at radius 3 is 2.59 bits per heavy atom. The first kappa shape index (κ1) is 12.6. The third-order valence-corrected chi connectivity index (χ3v) is 4.23. The molecule has 2 nitrogen and oxygen atoms in total. The summed E-state index contributed by atoms with van der Waals surface area (Å²) in [4.78, 5) is 2.50. The Morgan fingerprint density at radius 2 is 1.94 bits per heavy atom. The Labute approximate surface area is 105 Å². The lowest BCUT2D eigenvalue weighted by atomic mass is 9.74. The number of nitrogens with zero attached hydrogens (tertiary/aromatic N) is 1. The summed E-state index contributed by atoms with van der Waals surface area (Å²) < 4.78 is 0. The first-order valence-electron chi connectivity index (χ1n) is 6.72. The second-order valence-corrected chi connectivity index (χ2v) is 5.22. The molecule has 0 aromatic heterocycles. The van der Waals surface area contributed by atoms with Crippen LogP contribution in [0.4, 0.5) is 0 Å². The predicted octanol–water partition coefficient (Wildman–Crippen LogP) is 2.52. The molecule has 0 bridgehead atoms. The van der Waals surface area contributed by atoms with Crippen LogP contribution in [0, 0.1) is 0 Å². The van der Waals surface area contributed by atoms with Gasteiger partial charge in [0.25, 0.3) is 0 Å². The van der Waals surface area contributed by atoms with Gasteiger partial charge >= 0.3 is 0 Å². The number of nitrogens with two attached hydrogens (primary N) is 1. The highest BCUT2D eigenvalue weighted by molar-refractivity contribution is 5.37. The highest BCUT2D eigenvalue weighted by Gasteiger charge is 2.39. The van der Waals surface area contributed by atoms with Gasteiger partial charge in [-0.1, -0.05) is 38.1 Å². The van der Waals surface area contributed by atoms with Gasteiger partial charge in [0, 0.05) is 6.04 Å². The summed E-state index contributed by atoms with van der Waals surface area (Å²) in [5, 5.41) is 0. The van der Waals surface area contributed by atoms with E-state index in [0.29, 0.717) is 6.04 Å². The van der Waals surface area contributed by atoms with Crippen LogP contribution in [-0.2, 0) is 12.0 Å². The van der Waals surface area contributed by atoms with Crippen molar-refractivity contribution in [3.05, 3.63) is 35.4 Å². The van der Waals surface area contributed by atoms with Crippen molar-refractivity contribution in [2.45, 2.75) is 45.2 Å². The van der Waals surface area contributed by atoms with Crippen molar-refractivity contribution >= 4 is 0 Å². The summed E-state index contributed by atoms with van der Waals surface area (Å²) >= 11 is 0. The predicted molar refractivity (Wildman–Crippen MR) is 73.0 cm³/mol. The minimum atomic E-state index is -0.221. The molecule has 0 fully saturated rings. The van der Waals surface area contributed by atoms with Crippen molar-refractivity contribution in [1.82, 2.24) is 4.90 Å². The fourth-order valence-corrected chi connectivity index (χ4v) is 3.26. The van der Waals surface area contributed by atoms with E-state index in [1.807, 2.05) is 0 Å². The van der Waals surface area contributed by atoms with Gasteiger partial charge in [0.15, 0.2) is 0 Å². The number of likely N-dealkylation sites (N-methyl/N-ethyl adjacent to an activating group) is 1. The SMILES string of the molecule is CCN(CC)C1CCc2ccccc2C1(C)N. The Hall–Kier alpha value is -0.860. The molecule has 0 spiro atoms. The summed E-state index contributed by atoms with van der Waals surface area (Å²) in [5.41, 5.74) is 9.19. The molecule has 2 unspecified atom stereocenters. The Balaban J connectivity index is 2.36. The lowest BCUT2D eigenvalue weighted by molar-refractivity contribution is 0.122. The molecule has 94 valence electrons. The molecule has 1 aliphatic carbocycles. The van der Waals surface area contributed by atoms with Crippen LogP contribution in [0.3, 0.4) is 0 Å². The number of benzene rings is 1. The maximum absolute atomic E-state index is 6.64. The molecular weight excluding hydrogens is 208 g/mol. The third kappa shape index (κ3) is 2.12. The van der Waals surface area contributed by atoms with E-state index in [-0.39, 0.29) is 5.54 Å². The average Bonchev–Trinajstić information content (AvgIpc) is 2.33. The van der Waals surface area contributed by atoms with Crippen LogP contribution in [0.15, 0.2) is 24.3 Å². The molecule has 0 aliphatic heterocycles. The van der Waals surface area contributed by atoms with Crippen LogP contribution in [-0.4, -0.2) is 24.0 Å². The van der Waals surface area contributed by atoms with E-state index in [1.54, 1.807) is 0 Å². The first-order chi connectivity index (χ1) is 8.11. The van der Waals surface area contributed by atoms with Gasteiger partial charge < -0.3 is 5.73 Å². The van der Waals surface area contributed by atoms with Crippen molar-refractivity contribution < 1.29 is 0 Å². The summed E-state index contributed by atoms with van der Waals surface area (Å²) in [6, 6.07) is 9.11. The van der Waals surface area contributed by atoms with E-state index in [0.717, 1.165) is 19.5 Å². The molecule has 1 aliphatic rings. The summed E-state index contributed by atoms with van der Waals surface area (Å²) in [6.45, 7) is 8.79. The highest BCUT2D eigenvalue weighted by Crippen LogP contribution is 2.35. The molecule has 0 saturated carbocycles. The quantitative estimate of drug-likeness (QED) is 0.867. The number of rotatable bonds is 3. The summed E-state index contributed by atoms with van der Waals surface area (Å²) in [7, 11) is 0. The van der Waals surface area contributed by atoms with Gasteiger partial charge in [-0.05, 0) is 44.0 Å². The zero-order valence-corrected chi connectivity index (χ0v) is 11.2. The second-order valence-electron chi connectivity index (χ2n) is 5.22. The van der Waals surface area contributed by atoms with Gasteiger partial charge in [-0.3, -0.25) is 4.90 Å². The molecule has 2 rings (SSSR count). The van der Waals surface area contributed by atoms with Crippen molar-refractivity contribution in [3.63, 3.8) is 0 Å². The Morgan fingerprint density at radius 1 is 1.29 bits per heavy atom. The van der Waals surface area contributed by atoms with Crippen LogP contribution in [0.25, 0.3) is 0 Å². The molecule has 0 saturated heterocycles. The van der Waals surface area contributed by atoms with Crippen molar-refractivity contribution in [1.29, 1.82) is 0 Å². The van der Waals surface area contributed by atoms with Crippen LogP contribution in [0.1, 0.15) is 38.3 Å². The largest absolute Gasteiger partial charge is 0.320 e. The molecule has 2 atom stereocenters. The summed E-state index contributed by atoms with van der Waals surface area (Å²) in [5.74, 6) is 0. The van der Waals surface area contributed by atoms with Crippen molar-refractivity contribution in [2.24, 2.45) is 5.73 Å². The lowest BCUT2D eigenvalue weighted by Crippen LogP contribution is -2.56. The van der Waals surface area contributed by atoms with Crippen LogP contribution < -0.4 is 5.73 Å². The minimum absolute atomic E-state index is 0.221. The summed E-state index contributed by atoms with van der Waals surface area (Å²) in [6.07, 6.45) is 2.33. The van der Waals surface area contributed by atoms with Crippen LogP contribution >= 0.6 is 0 Å². The van der Waals surface area contributed by atoms with Crippen LogP contribution in [0.2, 0.25) is 0 Å². The molecule has 2 heteroatoms. The number of hydrogen-bond acceptors (Lipinski definition) is 2. The van der Waals surface area contributed by atoms with Crippen LogP contribution in [0.5, 0.6) is 0 Å². The fraction of sp³-hybridized carbons (Fsp3) is 0.600. The lowest BCUT2D eigenvalue weighted by Gasteiger charge is -2.45. The molecule has 2 N–H and O–H groups in total. The molecule has 17 heavy (non-hydrogen) atoms. The fourth-order valence-electron chi connectivity index (χ4n) is 3.26. The minimum Gasteiger partial charge on any atom is -0.320 e. The van der Waals surface area contributed by atoms with E-state index >= 15 is 0 Å². The molecular formula is C15H24N2. The first-order valence-corrected chi connectivity index (χ1v) is 6.72. The molecule has 0 heterocycles. The molecule has 1 aromatic rings. The van der Waals surface area contributed by atoms with Gasteiger partial charge in [-0.15, -0.1) is 0 Å². The third-order valence-electron chi connectivity index (χ3n) is 4.23. The average molecular weight is 232 g/mol. The molecule has 1 aromatic carbocycles. The van der Waals surface area contributed by atoms with Gasteiger partial charge in [0.05, 0.1) is 5.54 Å². The maximum Gasteiger partial charge on any atom is 0.0541 e. The molecule has 0 radical (unpaired) electrons. The van der Waals surface area contributed by atoms with Gasteiger partial charge in [-0.2, -0.15) is 0 Å². The maximum atomic E-state index is 6.64. The monoisotopic (exact) mass is 232 g/mol. The van der Waals surface area contributed by atoms with Crippen molar-refractivity contribution in [2.75, 3.05) is 13.1 Å². The number of fused-ring (bicyclic) bond motifs is 1. The topological polar surface area (TPSA) is 29.3 Å². The van der Waals surface area contributed by atoms with E-state index in [1.165, 1.54) is 17.5 Å². The smallest absolute Gasteiger partial charge is 0.0541 e. The van der Waals surface area contributed by atoms with E-state index < -0.39 is 0 Å². The second kappa shape index (κ2) is 4.79.